The fourth-order valence-corrected chi connectivity index (χ4v) is 3.29. The fraction of sp³-hybridized carbons (Fsp3) is 1.00. The number of rotatable bonds is 5. The van der Waals surface area contributed by atoms with Gasteiger partial charge in [0.05, 0.1) is 0 Å². The van der Waals surface area contributed by atoms with Crippen LogP contribution in [0.4, 0.5) is 0 Å². The Hall–Kier alpha value is -0.0800. The number of hydrogen-bond donors (Lipinski definition) is 2. The molecule has 94 valence electrons. The minimum atomic E-state index is 0.580. The van der Waals surface area contributed by atoms with E-state index in [0.29, 0.717) is 5.41 Å². The van der Waals surface area contributed by atoms with Gasteiger partial charge < -0.3 is 10.6 Å². The van der Waals surface area contributed by atoms with Crippen LogP contribution in [0.3, 0.4) is 0 Å². The summed E-state index contributed by atoms with van der Waals surface area (Å²) in [5.74, 6) is 0. The molecule has 0 aromatic carbocycles. The average Bonchev–Trinajstić information content (AvgIpc) is 2.82. The quantitative estimate of drug-likeness (QED) is 0.702. The van der Waals surface area contributed by atoms with Gasteiger partial charge in [0.1, 0.15) is 0 Å². The van der Waals surface area contributed by atoms with Crippen LogP contribution in [-0.4, -0.2) is 25.2 Å². The first-order valence-corrected chi connectivity index (χ1v) is 7.12. The Morgan fingerprint density at radius 3 is 2.12 bits per heavy atom. The summed E-state index contributed by atoms with van der Waals surface area (Å²) in [4.78, 5) is 0. The maximum Gasteiger partial charge on any atom is 0.00794 e. The van der Waals surface area contributed by atoms with Crippen molar-refractivity contribution in [2.24, 2.45) is 5.41 Å². The molecule has 2 saturated carbocycles. The van der Waals surface area contributed by atoms with Gasteiger partial charge >= 0.3 is 0 Å². The van der Waals surface area contributed by atoms with Crippen molar-refractivity contribution < 1.29 is 0 Å². The second kappa shape index (κ2) is 5.50. The molecule has 2 nitrogen and oxygen atoms in total. The minimum absolute atomic E-state index is 0.580. The molecule has 0 aromatic heterocycles. The molecule has 2 rings (SSSR count). The summed E-state index contributed by atoms with van der Waals surface area (Å²) in [5, 5.41) is 7.36. The molecule has 2 heteroatoms. The minimum Gasteiger partial charge on any atom is -0.313 e. The molecule has 16 heavy (non-hydrogen) atoms. The van der Waals surface area contributed by atoms with Crippen LogP contribution in [-0.2, 0) is 0 Å². The van der Waals surface area contributed by atoms with E-state index in [4.69, 9.17) is 0 Å². The van der Waals surface area contributed by atoms with E-state index in [9.17, 15) is 0 Å². The van der Waals surface area contributed by atoms with Crippen LogP contribution in [0, 0.1) is 5.41 Å². The van der Waals surface area contributed by atoms with Gasteiger partial charge in [-0.1, -0.05) is 26.7 Å². The molecule has 0 saturated heterocycles. The Morgan fingerprint density at radius 2 is 1.56 bits per heavy atom. The number of hydrogen-bond acceptors (Lipinski definition) is 2. The molecule has 2 fully saturated rings. The van der Waals surface area contributed by atoms with Gasteiger partial charge in [-0.25, -0.2) is 0 Å². The second-order valence-corrected chi connectivity index (χ2v) is 6.49. The topological polar surface area (TPSA) is 24.1 Å². The monoisotopic (exact) mass is 224 g/mol. The summed E-state index contributed by atoms with van der Waals surface area (Å²) in [6.45, 7) is 7.09. The lowest BCUT2D eigenvalue weighted by molar-refractivity contribution is 0.363. The molecule has 2 aliphatic rings. The van der Waals surface area contributed by atoms with Gasteiger partial charge in [0.25, 0.3) is 0 Å². The zero-order valence-electron chi connectivity index (χ0n) is 11.0. The van der Waals surface area contributed by atoms with Gasteiger partial charge in [-0.15, -0.1) is 0 Å². The highest BCUT2D eigenvalue weighted by Gasteiger charge is 2.30. The van der Waals surface area contributed by atoms with E-state index in [0.717, 1.165) is 25.2 Å². The molecule has 2 aliphatic carbocycles. The molecule has 0 amide bonds. The zero-order chi connectivity index (χ0) is 11.4. The van der Waals surface area contributed by atoms with Crippen LogP contribution in [0.5, 0.6) is 0 Å². The van der Waals surface area contributed by atoms with Crippen LogP contribution in [0.15, 0.2) is 0 Å². The van der Waals surface area contributed by atoms with Crippen molar-refractivity contribution in [1.29, 1.82) is 0 Å². The van der Waals surface area contributed by atoms with Crippen molar-refractivity contribution in [2.45, 2.75) is 70.9 Å². The molecule has 1 atom stereocenters. The van der Waals surface area contributed by atoms with Gasteiger partial charge in [-0.3, -0.25) is 0 Å². The Bertz CT molecular complexity index is 207. The molecule has 0 aliphatic heterocycles. The molecule has 0 bridgehead atoms. The maximum absolute atomic E-state index is 3.70. The Balaban J connectivity index is 1.51. The highest BCUT2D eigenvalue weighted by Crippen LogP contribution is 2.36. The Kier molecular flexibility index (Phi) is 4.26. The van der Waals surface area contributed by atoms with E-state index >= 15 is 0 Å². The largest absolute Gasteiger partial charge is 0.313 e. The van der Waals surface area contributed by atoms with E-state index in [2.05, 4.69) is 24.5 Å². The second-order valence-electron chi connectivity index (χ2n) is 6.49. The SMILES string of the molecule is CC1(C)CCC(NCCNC2CCCC2)C1. The van der Waals surface area contributed by atoms with Gasteiger partial charge in [0, 0.05) is 25.2 Å². The van der Waals surface area contributed by atoms with Crippen LogP contribution in [0.1, 0.15) is 58.8 Å². The molecule has 0 heterocycles. The van der Waals surface area contributed by atoms with Crippen molar-refractivity contribution in [1.82, 2.24) is 10.6 Å². The van der Waals surface area contributed by atoms with Crippen LogP contribution in [0.25, 0.3) is 0 Å². The highest BCUT2D eigenvalue weighted by molar-refractivity contribution is 4.86. The molecule has 1 unspecified atom stereocenters. The lowest BCUT2D eigenvalue weighted by Crippen LogP contribution is -2.37. The van der Waals surface area contributed by atoms with Crippen molar-refractivity contribution in [3.8, 4) is 0 Å². The summed E-state index contributed by atoms with van der Waals surface area (Å²) >= 11 is 0. The van der Waals surface area contributed by atoms with Crippen LogP contribution >= 0.6 is 0 Å². The predicted octanol–water partition coefficient (Wildman–Crippen LogP) is 2.69. The molecule has 0 spiro atoms. The fourth-order valence-electron chi connectivity index (χ4n) is 3.29. The summed E-state index contributed by atoms with van der Waals surface area (Å²) in [6, 6.07) is 1.60. The van der Waals surface area contributed by atoms with Gasteiger partial charge in [-0.05, 0) is 37.5 Å². The van der Waals surface area contributed by atoms with E-state index in [1.807, 2.05) is 0 Å². The summed E-state index contributed by atoms with van der Waals surface area (Å²) < 4.78 is 0. The first-order valence-electron chi connectivity index (χ1n) is 7.12. The maximum atomic E-state index is 3.70. The van der Waals surface area contributed by atoms with Crippen molar-refractivity contribution in [3.05, 3.63) is 0 Å². The normalized spacial score (nSPS) is 30.0. The summed E-state index contributed by atoms with van der Waals surface area (Å²) in [6.07, 6.45) is 9.78. The Morgan fingerprint density at radius 1 is 0.938 bits per heavy atom. The standard InChI is InChI=1S/C14H28N2/c1-14(2)8-7-13(11-14)16-10-9-15-12-5-3-4-6-12/h12-13,15-16H,3-11H2,1-2H3. The zero-order valence-corrected chi connectivity index (χ0v) is 11.0. The third kappa shape index (κ3) is 3.74. The first-order chi connectivity index (χ1) is 7.66. The third-order valence-electron chi connectivity index (χ3n) is 4.31. The van der Waals surface area contributed by atoms with Crippen molar-refractivity contribution in [3.63, 3.8) is 0 Å². The summed E-state index contributed by atoms with van der Waals surface area (Å²) in [5.41, 5.74) is 0.580. The molecule has 0 radical (unpaired) electrons. The summed E-state index contributed by atoms with van der Waals surface area (Å²) in [7, 11) is 0. The molecular formula is C14H28N2. The van der Waals surface area contributed by atoms with Gasteiger partial charge in [-0.2, -0.15) is 0 Å². The smallest absolute Gasteiger partial charge is 0.00794 e. The predicted molar refractivity (Wildman–Crippen MR) is 69.7 cm³/mol. The molecular weight excluding hydrogens is 196 g/mol. The van der Waals surface area contributed by atoms with Gasteiger partial charge in [0.15, 0.2) is 0 Å². The number of nitrogens with one attached hydrogen (secondary N) is 2. The molecule has 0 aromatic rings. The van der Waals surface area contributed by atoms with Crippen molar-refractivity contribution >= 4 is 0 Å². The first kappa shape index (κ1) is 12.4. The van der Waals surface area contributed by atoms with E-state index in [-0.39, 0.29) is 0 Å². The third-order valence-corrected chi connectivity index (χ3v) is 4.31. The Labute approximate surface area is 101 Å². The lowest BCUT2D eigenvalue weighted by Gasteiger charge is -2.18. The van der Waals surface area contributed by atoms with Crippen LogP contribution < -0.4 is 10.6 Å². The van der Waals surface area contributed by atoms with E-state index in [1.165, 1.54) is 44.9 Å². The van der Waals surface area contributed by atoms with Crippen molar-refractivity contribution in [2.75, 3.05) is 13.1 Å². The lowest BCUT2D eigenvalue weighted by atomic mass is 9.92. The highest BCUT2D eigenvalue weighted by atomic mass is 15.0. The van der Waals surface area contributed by atoms with E-state index < -0.39 is 0 Å². The average molecular weight is 224 g/mol. The molecule has 2 N–H and O–H groups in total. The van der Waals surface area contributed by atoms with E-state index in [1.54, 1.807) is 0 Å². The van der Waals surface area contributed by atoms with Crippen LogP contribution in [0.2, 0.25) is 0 Å². The van der Waals surface area contributed by atoms with Gasteiger partial charge in [0.2, 0.25) is 0 Å².